The molecule has 0 unspecified atom stereocenters. The minimum atomic E-state index is -0.371. The van der Waals surface area contributed by atoms with Crippen LogP contribution in [0, 0.1) is 12.7 Å². The molecular formula is C24H22FN3O2S. The third kappa shape index (κ3) is 5.24. The van der Waals surface area contributed by atoms with Gasteiger partial charge in [0.25, 0.3) is 0 Å². The smallest absolute Gasteiger partial charge is 0.319 e. The van der Waals surface area contributed by atoms with Gasteiger partial charge < -0.3 is 15.5 Å². The first kappa shape index (κ1) is 20.9. The number of hydrogen-bond donors (Lipinski definition) is 2. The van der Waals surface area contributed by atoms with E-state index >= 15 is 0 Å². The van der Waals surface area contributed by atoms with Gasteiger partial charge in [-0.05, 0) is 48.4 Å². The Balaban J connectivity index is 1.46. The highest BCUT2D eigenvalue weighted by molar-refractivity contribution is 8.00. The van der Waals surface area contributed by atoms with E-state index in [0.717, 1.165) is 21.7 Å². The standard InChI is InChI=1S/C24H22FN3O2S/c1-16-2-4-18(5-3-16)14-28-21-12-20(10-11-22(21)31-15-23(28)29)27-24(30)26-13-17-6-8-19(25)9-7-17/h2-12H,13-15H2,1H3,(H2,26,27,30). The van der Waals surface area contributed by atoms with E-state index in [2.05, 4.69) is 10.6 Å². The Morgan fingerprint density at radius 2 is 1.74 bits per heavy atom. The molecule has 5 nitrogen and oxygen atoms in total. The van der Waals surface area contributed by atoms with E-state index in [1.54, 1.807) is 17.0 Å². The lowest BCUT2D eigenvalue weighted by Crippen LogP contribution is -2.35. The number of rotatable bonds is 5. The number of aryl methyl sites for hydroxylation is 1. The van der Waals surface area contributed by atoms with E-state index in [1.165, 1.54) is 29.5 Å². The predicted molar refractivity (Wildman–Crippen MR) is 122 cm³/mol. The maximum Gasteiger partial charge on any atom is 0.319 e. The molecule has 0 atom stereocenters. The van der Waals surface area contributed by atoms with Crippen molar-refractivity contribution in [1.29, 1.82) is 0 Å². The summed E-state index contributed by atoms with van der Waals surface area (Å²) in [5.41, 5.74) is 4.40. The lowest BCUT2D eigenvalue weighted by molar-refractivity contribution is -0.116. The Morgan fingerprint density at radius 1 is 1.03 bits per heavy atom. The number of urea groups is 1. The zero-order chi connectivity index (χ0) is 21.8. The highest BCUT2D eigenvalue weighted by Crippen LogP contribution is 2.38. The van der Waals surface area contributed by atoms with Gasteiger partial charge in [-0.25, -0.2) is 9.18 Å². The number of nitrogens with one attached hydrogen (secondary N) is 2. The van der Waals surface area contributed by atoms with E-state index in [0.29, 0.717) is 18.0 Å². The highest BCUT2D eigenvalue weighted by Gasteiger charge is 2.25. The number of nitrogens with zero attached hydrogens (tertiary/aromatic N) is 1. The number of benzene rings is 3. The van der Waals surface area contributed by atoms with Crippen molar-refractivity contribution in [3.05, 3.63) is 89.2 Å². The van der Waals surface area contributed by atoms with Crippen LogP contribution in [0.5, 0.6) is 0 Å². The summed E-state index contributed by atoms with van der Waals surface area (Å²) < 4.78 is 13.0. The fraction of sp³-hybridized carbons (Fsp3) is 0.167. The second-order valence-corrected chi connectivity index (χ2v) is 8.39. The summed E-state index contributed by atoms with van der Waals surface area (Å²) in [5.74, 6) is 0.116. The molecule has 0 bridgehead atoms. The molecule has 1 heterocycles. The highest BCUT2D eigenvalue weighted by atomic mass is 32.2. The van der Waals surface area contributed by atoms with Gasteiger partial charge in [0.15, 0.2) is 0 Å². The topological polar surface area (TPSA) is 61.4 Å². The maximum atomic E-state index is 13.0. The van der Waals surface area contributed by atoms with Crippen molar-refractivity contribution in [3.8, 4) is 0 Å². The van der Waals surface area contributed by atoms with Crippen LogP contribution in [0.25, 0.3) is 0 Å². The molecule has 0 fully saturated rings. The van der Waals surface area contributed by atoms with E-state index < -0.39 is 0 Å². The largest absolute Gasteiger partial charge is 0.334 e. The van der Waals surface area contributed by atoms with Gasteiger partial charge in [-0.15, -0.1) is 11.8 Å². The second-order valence-electron chi connectivity index (χ2n) is 7.37. The molecule has 0 radical (unpaired) electrons. The molecule has 3 amide bonds. The van der Waals surface area contributed by atoms with Gasteiger partial charge in [-0.3, -0.25) is 4.79 Å². The molecule has 7 heteroatoms. The van der Waals surface area contributed by atoms with E-state index in [9.17, 15) is 14.0 Å². The summed E-state index contributed by atoms with van der Waals surface area (Å²) in [6, 6.07) is 19.3. The van der Waals surface area contributed by atoms with Crippen LogP contribution in [0.2, 0.25) is 0 Å². The van der Waals surface area contributed by atoms with Crippen LogP contribution in [0.3, 0.4) is 0 Å². The molecule has 3 aromatic rings. The number of hydrogen-bond acceptors (Lipinski definition) is 3. The number of anilines is 2. The minimum Gasteiger partial charge on any atom is -0.334 e. The normalized spacial score (nSPS) is 13.0. The molecule has 1 aliphatic rings. The first-order valence-corrected chi connectivity index (χ1v) is 10.9. The van der Waals surface area contributed by atoms with Crippen LogP contribution >= 0.6 is 11.8 Å². The summed E-state index contributed by atoms with van der Waals surface area (Å²) in [4.78, 5) is 27.7. The van der Waals surface area contributed by atoms with Crippen molar-refractivity contribution in [2.45, 2.75) is 24.9 Å². The Kier molecular flexibility index (Phi) is 6.23. The number of amides is 3. The van der Waals surface area contributed by atoms with E-state index in [-0.39, 0.29) is 24.3 Å². The molecular weight excluding hydrogens is 413 g/mol. The minimum absolute atomic E-state index is 0.0380. The summed E-state index contributed by atoms with van der Waals surface area (Å²) >= 11 is 1.50. The molecule has 3 aromatic carbocycles. The van der Waals surface area contributed by atoms with Crippen LogP contribution in [-0.2, 0) is 17.9 Å². The van der Waals surface area contributed by atoms with Crippen molar-refractivity contribution in [2.24, 2.45) is 0 Å². The number of fused-ring (bicyclic) bond motifs is 1. The van der Waals surface area contributed by atoms with Gasteiger partial charge in [0.1, 0.15) is 5.82 Å². The third-order valence-corrected chi connectivity index (χ3v) is 6.03. The fourth-order valence-corrected chi connectivity index (χ4v) is 4.21. The molecule has 1 aliphatic heterocycles. The molecule has 2 N–H and O–H groups in total. The molecule has 0 saturated carbocycles. The van der Waals surface area contributed by atoms with Crippen molar-refractivity contribution < 1.29 is 14.0 Å². The van der Waals surface area contributed by atoms with Crippen molar-refractivity contribution in [3.63, 3.8) is 0 Å². The van der Waals surface area contributed by atoms with E-state index in [1.807, 2.05) is 49.4 Å². The van der Waals surface area contributed by atoms with Gasteiger partial charge >= 0.3 is 6.03 Å². The van der Waals surface area contributed by atoms with Crippen LogP contribution in [0.4, 0.5) is 20.6 Å². The molecule has 4 rings (SSSR count). The number of carbonyl (C=O) groups excluding carboxylic acids is 2. The fourth-order valence-electron chi connectivity index (χ4n) is 3.29. The molecule has 0 spiro atoms. The average molecular weight is 436 g/mol. The quantitative estimate of drug-likeness (QED) is 0.587. The van der Waals surface area contributed by atoms with Gasteiger partial charge in [-0.2, -0.15) is 0 Å². The third-order valence-electron chi connectivity index (χ3n) is 4.99. The SMILES string of the molecule is Cc1ccc(CN2C(=O)CSc3ccc(NC(=O)NCc4ccc(F)cc4)cc32)cc1. The van der Waals surface area contributed by atoms with Gasteiger partial charge in [0, 0.05) is 17.1 Å². The lowest BCUT2D eigenvalue weighted by atomic mass is 10.1. The Bertz CT molecular complexity index is 1100. The zero-order valence-corrected chi connectivity index (χ0v) is 17.8. The maximum absolute atomic E-state index is 13.0. The lowest BCUT2D eigenvalue weighted by Gasteiger charge is -2.29. The van der Waals surface area contributed by atoms with Crippen LogP contribution in [0.1, 0.15) is 16.7 Å². The predicted octanol–water partition coefficient (Wildman–Crippen LogP) is 5.09. The number of thioether (sulfide) groups is 1. The first-order chi connectivity index (χ1) is 15.0. The molecule has 0 saturated heterocycles. The molecule has 0 aromatic heterocycles. The van der Waals surface area contributed by atoms with Crippen molar-refractivity contribution >= 4 is 35.1 Å². The zero-order valence-electron chi connectivity index (χ0n) is 17.0. The van der Waals surface area contributed by atoms with Gasteiger partial charge in [-0.1, -0.05) is 42.0 Å². The van der Waals surface area contributed by atoms with Crippen LogP contribution in [-0.4, -0.2) is 17.7 Å². The van der Waals surface area contributed by atoms with Crippen LogP contribution in [0.15, 0.2) is 71.6 Å². The van der Waals surface area contributed by atoms with Gasteiger partial charge in [0.05, 0.1) is 18.0 Å². The summed E-state index contributed by atoms with van der Waals surface area (Å²) in [5, 5.41) is 5.56. The van der Waals surface area contributed by atoms with Crippen LogP contribution < -0.4 is 15.5 Å². The Morgan fingerprint density at radius 3 is 2.48 bits per heavy atom. The molecule has 31 heavy (non-hydrogen) atoms. The monoisotopic (exact) mass is 435 g/mol. The van der Waals surface area contributed by atoms with E-state index in [4.69, 9.17) is 0 Å². The summed E-state index contributed by atoms with van der Waals surface area (Å²) in [6.45, 7) is 2.79. The molecule has 158 valence electrons. The first-order valence-electron chi connectivity index (χ1n) is 9.90. The Labute approximate surface area is 184 Å². The summed E-state index contributed by atoms with van der Waals surface area (Å²) in [7, 11) is 0. The number of halogens is 1. The van der Waals surface area contributed by atoms with Crippen molar-refractivity contribution in [1.82, 2.24) is 5.32 Å². The average Bonchev–Trinajstić information content (AvgIpc) is 2.77. The Hall–Kier alpha value is -3.32. The second kappa shape index (κ2) is 9.22. The number of carbonyl (C=O) groups is 2. The molecule has 0 aliphatic carbocycles. The van der Waals surface area contributed by atoms with Crippen molar-refractivity contribution in [2.75, 3.05) is 16.0 Å². The summed E-state index contributed by atoms with van der Waals surface area (Å²) in [6.07, 6.45) is 0. The van der Waals surface area contributed by atoms with Gasteiger partial charge in [0.2, 0.25) is 5.91 Å².